The van der Waals surface area contributed by atoms with Crippen LogP contribution in [0.2, 0.25) is 0 Å². The third kappa shape index (κ3) is 4.47. The summed E-state index contributed by atoms with van der Waals surface area (Å²) < 4.78 is 71.7. The fraction of sp³-hybridized carbons (Fsp3) is 0.533. The lowest BCUT2D eigenvalue weighted by molar-refractivity contribution is -0.148. The molecule has 0 N–H and O–H groups in total. The molecular formula is C15H17F3O5S. The van der Waals surface area contributed by atoms with Crippen LogP contribution < -0.4 is 0 Å². The third-order valence-electron chi connectivity index (χ3n) is 3.74. The maximum absolute atomic E-state index is 12.5. The molecule has 0 saturated heterocycles. The lowest BCUT2D eigenvalue weighted by Crippen LogP contribution is -2.19. The van der Waals surface area contributed by atoms with E-state index in [-0.39, 0.29) is 17.9 Å². The van der Waals surface area contributed by atoms with Crippen LogP contribution in [0, 0.1) is 5.92 Å². The second-order valence-corrected chi connectivity index (χ2v) is 7.03. The van der Waals surface area contributed by atoms with Gasteiger partial charge in [-0.1, -0.05) is 0 Å². The number of carbonyl (C=O) groups excluding carboxylic acids is 1. The second-order valence-electron chi connectivity index (χ2n) is 5.46. The van der Waals surface area contributed by atoms with Gasteiger partial charge in [-0.25, -0.2) is 0 Å². The number of carbonyl (C=O) groups is 1. The molecule has 1 aliphatic rings. The molecule has 0 amide bonds. The van der Waals surface area contributed by atoms with Gasteiger partial charge in [0.2, 0.25) is 0 Å². The Labute approximate surface area is 137 Å². The van der Waals surface area contributed by atoms with Crippen molar-refractivity contribution in [2.24, 2.45) is 5.92 Å². The number of esters is 1. The molecule has 5 nitrogen and oxygen atoms in total. The van der Waals surface area contributed by atoms with Gasteiger partial charge in [0.1, 0.15) is 0 Å². The van der Waals surface area contributed by atoms with Gasteiger partial charge in [-0.05, 0) is 50.5 Å². The summed E-state index contributed by atoms with van der Waals surface area (Å²) in [5, 5.41) is 0. The smallest absolute Gasteiger partial charge is 0.416 e. The molecule has 2 atom stereocenters. The van der Waals surface area contributed by atoms with E-state index in [1.54, 1.807) is 6.92 Å². The summed E-state index contributed by atoms with van der Waals surface area (Å²) in [4.78, 5) is 11.3. The Morgan fingerprint density at radius 3 is 2.38 bits per heavy atom. The van der Waals surface area contributed by atoms with Crippen LogP contribution in [0.25, 0.3) is 0 Å². The zero-order chi connectivity index (χ0) is 18.0. The van der Waals surface area contributed by atoms with Gasteiger partial charge in [0.15, 0.2) is 0 Å². The molecule has 0 aliphatic heterocycles. The highest BCUT2D eigenvalue weighted by Crippen LogP contribution is 2.33. The number of rotatable bonds is 5. The van der Waals surface area contributed by atoms with Crippen molar-refractivity contribution in [3.8, 4) is 0 Å². The molecule has 1 aliphatic carbocycles. The second kappa shape index (κ2) is 7.10. The molecule has 0 bridgehead atoms. The van der Waals surface area contributed by atoms with Crippen LogP contribution >= 0.6 is 0 Å². The molecule has 24 heavy (non-hydrogen) atoms. The van der Waals surface area contributed by atoms with Crippen molar-refractivity contribution in [3.05, 3.63) is 29.8 Å². The largest absolute Gasteiger partial charge is 0.466 e. The zero-order valence-corrected chi connectivity index (χ0v) is 13.7. The van der Waals surface area contributed by atoms with Crippen LogP contribution in [0.3, 0.4) is 0 Å². The van der Waals surface area contributed by atoms with Crippen molar-refractivity contribution in [1.29, 1.82) is 0 Å². The summed E-state index contributed by atoms with van der Waals surface area (Å²) in [7, 11) is -4.19. The Hall–Kier alpha value is -1.61. The molecule has 1 aromatic carbocycles. The first-order valence-corrected chi connectivity index (χ1v) is 8.81. The number of ether oxygens (including phenoxy) is 1. The molecule has 0 radical (unpaired) electrons. The minimum Gasteiger partial charge on any atom is -0.466 e. The molecular weight excluding hydrogens is 349 g/mol. The highest BCUT2D eigenvalue weighted by molar-refractivity contribution is 7.86. The molecule has 0 heterocycles. The molecule has 1 saturated carbocycles. The Kier molecular flexibility index (Phi) is 5.54. The number of hydrogen-bond acceptors (Lipinski definition) is 5. The van der Waals surface area contributed by atoms with Gasteiger partial charge in [-0.3, -0.25) is 8.98 Å². The van der Waals surface area contributed by atoms with Crippen LogP contribution in [0.1, 0.15) is 31.7 Å². The van der Waals surface area contributed by atoms with Gasteiger partial charge in [0.05, 0.1) is 29.1 Å². The first-order chi connectivity index (χ1) is 11.1. The van der Waals surface area contributed by atoms with Crippen LogP contribution in [-0.2, 0) is 30.0 Å². The van der Waals surface area contributed by atoms with E-state index >= 15 is 0 Å². The quantitative estimate of drug-likeness (QED) is 0.591. The Balaban J connectivity index is 2.03. The Morgan fingerprint density at radius 1 is 1.21 bits per heavy atom. The molecule has 134 valence electrons. The monoisotopic (exact) mass is 366 g/mol. The van der Waals surface area contributed by atoms with Crippen molar-refractivity contribution in [2.45, 2.75) is 43.4 Å². The average Bonchev–Trinajstić information content (AvgIpc) is 2.94. The molecule has 2 rings (SSSR count). The highest BCUT2D eigenvalue weighted by Gasteiger charge is 2.35. The summed E-state index contributed by atoms with van der Waals surface area (Å²) in [5.74, 6) is -0.812. The minimum atomic E-state index is -4.54. The number of halogens is 3. The molecule has 1 fully saturated rings. The van der Waals surface area contributed by atoms with Crippen molar-refractivity contribution >= 4 is 16.1 Å². The van der Waals surface area contributed by atoms with Gasteiger partial charge in [-0.2, -0.15) is 21.6 Å². The molecule has 1 aromatic rings. The topological polar surface area (TPSA) is 69.7 Å². The Bertz CT molecular complexity index is 682. The van der Waals surface area contributed by atoms with E-state index in [4.69, 9.17) is 8.92 Å². The molecule has 9 heteroatoms. The predicted octanol–water partition coefficient (Wildman–Crippen LogP) is 3.14. The molecule has 0 unspecified atom stereocenters. The summed E-state index contributed by atoms with van der Waals surface area (Å²) in [6.45, 7) is 1.92. The summed E-state index contributed by atoms with van der Waals surface area (Å²) in [5.41, 5.74) is -0.940. The van der Waals surface area contributed by atoms with Gasteiger partial charge in [0.25, 0.3) is 10.1 Å². The fourth-order valence-electron chi connectivity index (χ4n) is 2.55. The number of benzene rings is 1. The van der Waals surface area contributed by atoms with Crippen LogP contribution in [0.4, 0.5) is 13.2 Å². The summed E-state index contributed by atoms with van der Waals surface area (Å²) in [6, 6.07) is 3.09. The lowest BCUT2D eigenvalue weighted by atomic mass is 10.1. The van der Waals surface area contributed by atoms with Crippen molar-refractivity contribution < 1.29 is 35.3 Å². The Morgan fingerprint density at radius 2 is 1.83 bits per heavy atom. The summed E-state index contributed by atoms with van der Waals surface area (Å²) >= 11 is 0. The maximum atomic E-state index is 12.5. The molecule has 0 spiro atoms. The van der Waals surface area contributed by atoms with Crippen LogP contribution in [0.15, 0.2) is 29.2 Å². The predicted molar refractivity (Wildman–Crippen MR) is 77.5 cm³/mol. The highest BCUT2D eigenvalue weighted by atomic mass is 32.2. The summed E-state index contributed by atoms with van der Waals surface area (Å²) in [6.07, 6.45) is -4.21. The first-order valence-electron chi connectivity index (χ1n) is 7.40. The third-order valence-corrected chi connectivity index (χ3v) is 5.11. The molecule has 0 aromatic heterocycles. The van der Waals surface area contributed by atoms with Crippen molar-refractivity contribution in [3.63, 3.8) is 0 Å². The van der Waals surface area contributed by atoms with E-state index in [1.807, 2.05) is 0 Å². The first kappa shape index (κ1) is 18.7. The SMILES string of the molecule is CCOC(=O)[C@H]1CC[C@@H](OS(=O)(=O)c2ccc(C(F)(F)F)cc2)C1. The average molecular weight is 366 g/mol. The van der Waals surface area contributed by atoms with Gasteiger partial charge >= 0.3 is 12.1 Å². The number of hydrogen-bond donors (Lipinski definition) is 0. The van der Waals surface area contributed by atoms with Crippen LogP contribution in [0.5, 0.6) is 0 Å². The van der Waals surface area contributed by atoms with Gasteiger partial charge < -0.3 is 4.74 Å². The lowest BCUT2D eigenvalue weighted by Gasteiger charge is -2.13. The van der Waals surface area contributed by atoms with E-state index in [9.17, 15) is 26.4 Å². The van der Waals surface area contributed by atoms with E-state index in [1.165, 1.54) is 0 Å². The normalized spacial score (nSPS) is 21.7. The van der Waals surface area contributed by atoms with Gasteiger partial charge in [0, 0.05) is 0 Å². The van der Waals surface area contributed by atoms with Crippen molar-refractivity contribution in [1.82, 2.24) is 0 Å². The standard InChI is InChI=1S/C15H17F3O5S/c1-2-22-14(19)10-3-6-12(9-10)23-24(20,21)13-7-4-11(5-8-13)15(16,17)18/h4-5,7-8,10,12H,2-3,6,9H2,1H3/t10-,12+/m0/s1. The fourth-order valence-corrected chi connectivity index (χ4v) is 3.66. The minimum absolute atomic E-state index is 0.207. The number of alkyl halides is 3. The van der Waals surface area contributed by atoms with E-state index in [2.05, 4.69) is 0 Å². The maximum Gasteiger partial charge on any atom is 0.416 e. The van der Waals surface area contributed by atoms with E-state index in [0.717, 1.165) is 12.1 Å². The van der Waals surface area contributed by atoms with Crippen molar-refractivity contribution in [2.75, 3.05) is 6.61 Å². The van der Waals surface area contributed by atoms with E-state index in [0.29, 0.717) is 25.0 Å². The van der Waals surface area contributed by atoms with Crippen LogP contribution in [-0.4, -0.2) is 27.1 Å². The zero-order valence-electron chi connectivity index (χ0n) is 12.9. The van der Waals surface area contributed by atoms with E-state index < -0.39 is 39.8 Å². The van der Waals surface area contributed by atoms with Gasteiger partial charge in [-0.15, -0.1) is 0 Å².